The number of rotatable bonds is 12. The van der Waals surface area contributed by atoms with Gasteiger partial charge in [0.15, 0.2) is 6.04 Å². The van der Waals surface area contributed by atoms with Crippen molar-refractivity contribution < 1.29 is 29.0 Å². The fraction of sp³-hybridized carbons (Fsp3) is 0.323. The molecule has 3 aromatic carbocycles. The lowest BCUT2D eigenvalue weighted by molar-refractivity contribution is -0.146. The van der Waals surface area contributed by atoms with Crippen molar-refractivity contribution in [2.45, 2.75) is 57.4 Å². The van der Waals surface area contributed by atoms with Gasteiger partial charge in [0.2, 0.25) is 5.91 Å². The summed E-state index contributed by atoms with van der Waals surface area (Å²) in [6, 6.07) is 23.8. The average molecular weight is 531 g/mol. The molecule has 1 aliphatic carbocycles. The van der Waals surface area contributed by atoms with Crippen molar-refractivity contribution in [3.05, 3.63) is 95.6 Å². The van der Waals surface area contributed by atoms with Crippen molar-refractivity contribution in [1.82, 2.24) is 10.6 Å². The molecule has 8 heteroatoms. The molecule has 4 rings (SSSR count). The van der Waals surface area contributed by atoms with Crippen LogP contribution in [0.2, 0.25) is 0 Å². The van der Waals surface area contributed by atoms with Gasteiger partial charge in [-0.1, -0.05) is 85.8 Å². The van der Waals surface area contributed by atoms with Crippen LogP contribution in [0.15, 0.2) is 78.9 Å². The molecular weight excluding hydrogens is 496 g/mol. The quantitative estimate of drug-likeness (QED) is 0.308. The highest BCUT2D eigenvalue weighted by Crippen LogP contribution is 2.44. The first-order valence-corrected chi connectivity index (χ1v) is 13.2. The van der Waals surface area contributed by atoms with Crippen LogP contribution in [0.5, 0.6) is 0 Å². The Hall–Kier alpha value is -4.17. The Kier molecular flexibility index (Phi) is 9.33. The van der Waals surface area contributed by atoms with E-state index in [1.54, 1.807) is 6.92 Å². The lowest BCUT2D eigenvalue weighted by Gasteiger charge is -2.23. The third kappa shape index (κ3) is 7.03. The Morgan fingerprint density at radius 1 is 0.872 bits per heavy atom. The summed E-state index contributed by atoms with van der Waals surface area (Å²) in [5, 5.41) is 14.9. The molecule has 2 amide bonds. The topological polar surface area (TPSA) is 114 Å². The minimum atomic E-state index is -1.23. The second-order valence-electron chi connectivity index (χ2n) is 9.66. The van der Waals surface area contributed by atoms with E-state index in [0.717, 1.165) is 27.8 Å². The van der Waals surface area contributed by atoms with Gasteiger partial charge in [-0.15, -0.1) is 0 Å². The van der Waals surface area contributed by atoms with Crippen LogP contribution in [-0.4, -0.2) is 47.9 Å². The molecule has 0 aromatic heterocycles. The number of hydrogen-bond acceptors (Lipinski definition) is 5. The Balaban J connectivity index is 1.28. The Bertz CT molecular complexity index is 1250. The zero-order valence-corrected chi connectivity index (χ0v) is 22.1. The molecule has 0 saturated carbocycles. The van der Waals surface area contributed by atoms with Crippen LogP contribution in [0.3, 0.4) is 0 Å². The molecule has 39 heavy (non-hydrogen) atoms. The fourth-order valence-corrected chi connectivity index (χ4v) is 4.84. The standard InChI is InChI=1S/C31H34N2O6/c1-3-22(17-28(34)33-29(30(35)36)20(2)38-18-21-11-5-4-6-12-21)32-31(37)39-19-27-25-15-9-7-13-23(25)24-14-8-10-16-26(24)27/h4-16,20,22,27,29H,3,17-19H2,1-2H3,(H,32,37)(H,33,34)(H,35,36). The maximum atomic E-state index is 12.7. The van der Waals surface area contributed by atoms with Crippen molar-refractivity contribution >= 4 is 18.0 Å². The Morgan fingerprint density at radius 3 is 2.05 bits per heavy atom. The lowest BCUT2D eigenvalue weighted by Crippen LogP contribution is -2.50. The first-order chi connectivity index (χ1) is 18.9. The molecule has 3 N–H and O–H groups in total. The maximum absolute atomic E-state index is 12.7. The molecule has 0 bridgehead atoms. The molecule has 3 atom stereocenters. The van der Waals surface area contributed by atoms with Crippen LogP contribution in [0.25, 0.3) is 11.1 Å². The number of nitrogens with one attached hydrogen (secondary N) is 2. The van der Waals surface area contributed by atoms with Crippen molar-refractivity contribution in [2.24, 2.45) is 0 Å². The number of fused-ring (bicyclic) bond motifs is 3. The number of benzene rings is 3. The van der Waals surface area contributed by atoms with Gasteiger partial charge >= 0.3 is 12.1 Å². The highest BCUT2D eigenvalue weighted by atomic mass is 16.5. The van der Waals surface area contributed by atoms with E-state index >= 15 is 0 Å². The van der Waals surface area contributed by atoms with E-state index in [0.29, 0.717) is 6.42 Å². The number of carbonyl (C=O) groups is 3. The fourth-order valence-electron chi connectivity index (χ4n) is 4.84. The van der Waals surface area contributed by atoms with Crippen molar-refractivity contribution in [2.75, 3.05) is 6.61 Å². The minimum Gasteiger partial charge on any atom is -0.480 e. The van der Waals surface area contributed by atoms with E-state index in [-0.39, 0.29) is 25.6 Å². The van der Waals surface area contributed by atoms with Gasteiger partial charge in [0, 0.05) is 18.4 Å². The molecule has 1 aliphatic rings. The van der Waals surface area contributed by atoms with Crippen molar-refractivity contribution in [3.63, 3.8) is 0 Å². The van der Waals surface area contributed by atoms with Crippen molar-refractivity contribution in [3.8, 4) is 11.1 Å². The zero-order valence-electron chi connectivity index (χ0n) is 22.1. The second-order valence-corrected chi connectivity index (χ2v) is 9.66. The molecule has 0 fully saturated rings. The highest BCUT2D eigenvalue weighted by Gasteiger charge is 2.30. The molecule has 0 spiro atoms. The largest absolute Gasteiger partial charge is 0.480 e. The SMILES string of the molecule is CCC(CC(=O)NC(C(=O)O)C(C)OCc1ccccc1)NC(=O)OCC1c2ccccc2-c2ccccc21. The summed E-state index contributed by atoms with van der Waals surface area (Å²) < 4.78 is 11.3. The van der Waals surface area contributed by atoms with E-state index in [1.165, 1.54) is 0 Å². The number of alkyl carbamates (subject to hydrolysis) is 1. The summed E-state index contributed by atoms with van der Waals surface area (Å²) >= 11 is 0. The highest BCUT2D eigenvalue weighted by molar-refractivity contribution is 5.84. The summed E-state index contributed by atoms with van der Waals surface area (Å²) in [7, 11) is 0. The van der Waals surface area contributed by atoms with Crippen LogP contribution in [0.4, 0.5) is 4.79 Å². The van der Waals surface area contributed by atoms with Gasteiger partial charge in [-0.05, 0) is 41.2 Å². The smallest absolute Gasteiger partial charge is 0.407 e. The Labute approximate surface area is 228 Å². The maximum Gasteiger partial charge on any atom is 0.407 e. The van der Waals surface area contributed by atoms with Gasteiger partial charge in [-0.25, -0.2) is 9.59 Å². The van der Waals surface area contributed by atoms with Crippen LogP contribution in [0, 0.1) is 0 Å². The third-order valence-electron chi connectivity index (χ3n) is 7.00. The van der Waals surface area contributed by atoms with Gasteiger partial charge in [-0.2, -0.15) is 0 Å². The summed E-state index contributed by atoms with van der Waals surface area (Å²) in [4.78, 5) is 37.2. The van der Waals surface area contributed by atoms with Gasteiger partial charge < -0.3 is 25.2 Å². The van der Waals surface area contributed by atoms with Gasteiger partial charge in [0.1, 0.15) is 6.61 Å². The normalized spacial score (nSPS) is 14.4. The van der Waals surface area contributed by atoms with Crippen LogP contribution < -0.4 is 10.6 Å². The monoisotopic (exact) mass is 530 g/mol. The number of hydrogen-bond donors (Lipinski definition) is 3. The number of aliphatic carboxylic acids is 1. The van der Waals surface area contributed by atoms with E-state index in [4.69, 9.17) is 9.47 Å². The van der Waals surface area contributed by atoms with Crippen LogP contribution in [-0.2, 0) is 25.7 Å². The predicted octanol–water partition coefficient (Wildman–Crippen LogP) is 4.87. The van der Waals surface area contributed by atoms with Gasteiger partial charge in [0.25, 0.3) is 0 Å². The number of ether oxygens (including phenoxy) is 2. The number of carboxylic acid groups (broad SMARTS) is 1. The molecule has 8 nitrogen and oxygen atoms in total. The first-order valence-electron chi connectivity index (χ1n) is 13.2. The minimum absolute atomic E-state index is 0.0692. The van der Waals surface area contributed by atoms with Crippen LogP contribution in [0.1, 0.15) is 49.3 Å². The van der Waals surface area contributed by atoms with E-state index in [9.17, 15) is 19.5 Å². The van der Waals surface area contributed by atoms with Gasteiger partial charge in [-0.3, -0.25) is 4.79 Å². The van der Waals surface area contributed by atoms with E-state index < -0.39 is 36.2 Å². The molecule has 3 unspecified atom stereocenters. The molecule has 0 radical (unpaired) electrons. The van der Waals surface area contributed by atoms with Crippen molar-refractivity contribution in [1.29, 1.82) is 0 Å². The Morgan fingerprint density at radius 2 is 1.46 bits per heavy atom. The number of amides is 2. The summed E-state index contributed by atoms with van der Waals surface area (Å²) in [6.45, 7) is 3.83. The average Bonchev–Trinajstić information content (AvgIpc) is 3.27. The first kappa shape index (κ1) is 27.9. The summed E-state index contributed by atoms with van der Waals surface area (Å²) in [5.41, 5.74) is 5.40. The van der Waals surface area contributed by atoms with E-state index in [2.05, 4.69) is 22.8 Å². The predicted molar refractivity (Wildman–Crippen MR) is 147 cm³/mol. The van der Waals surface area contributed by atoms with Gasteiger partial charge in [0.05, 0.1) is 12.7 Å². The molecule has 3 aromatic rings. The summed E-state index contributed by atoms with van der Waals surface area (Å²) in [5.74, 6) is -1.76. The zero-order chi connectivity index (χ0) is 27.8. The van der Waals surface area contributed by atoms with Crippen LogP contribution >= 0.6 is 0 Å². The molecule has 0 heterocycles. The lowest BCUT2D eigenvalue weighted by atomic mass is 9.98. The number of carboxylic acids is 1. The number of carbonyl (C=O) groups excluding carboxylic acids is 2. The third-order valence-corrected chi connectivity index (χ3v) is 7.00. The second kappa shape index (κ2) is 13.1. The molecule has 204 valence electrons. The molecular formula is C31H34N2O6. The summed E-state index contributed by atoms with van der Waals surface area (Å²) in [6.07, 6.45) is -1.00. The van der Waals surface area contributed by atoms with E-state index in [1.807, 2.05) is 73.7 Å². The molecule has 0 aliphatic heterocycles. The molecule has 0 saturated heterocycles.